The maximum atomic E-state index is 12.1. The average molecular weight is 222 g/mol. The van der Waals surface area contributed by atoms with Crippen LogP contribution in [0.25, 0.3) is 0 Å². The van der Waals surface area contributed by atoms with Crippen molar-refractivity contribution in [3.05, 3.63) is 0 Å². The molecule has 0 aromatic carbocycles. The highest BCUT2D eigenvalue weighted by Gasteiger charge is 2.30. The first-order valence-electron chi connectivity index (χ1n) is 6.08. The Kier molecular flexibility index (Phi) is 4.82. The van der Waals surface area contributed by atoms with Crippen LogP contribution in [0.1, 0.15) is 33.1 Å². The van der Waals surface area contributed by atoms with Gasteiger partial charge in [0.15, 0.2) is 0 Å². The summed E-state index contributed by atoms with van der Waals surface area (Å²) in [5.74, 6) is 3.43. The SMILES string of the molecule is C#CCN(CC1CC1)C(=O)C(N)C(C)CC. The predicted octanol–water partition coefficient (Wildman–Crippen LogP) is 1.23. The van der Waals surface area contributed by atoms with Gasteiger partial charge >= 0.3 is 0 Å². The van der Waals surface area contributed by atoms with Crippen molar-refractivity contribution in [1.82, 2.24) is 4.90 Å². The highest BCUT2D eigenvalue weighted by Crippen LogP contribution is 2.29. The van der Waals surface area contributed by atoms with Gasteiger partial charge in [-0.25, -0.2) is 0 Å². The molecule has 0 heterocycles. The number of carbonyl (C=O) groups excluding carboxylic acids is 1. The lowest BCUT2D eigenvalue weighted by Crippen LogP contribution is -2.47. The summed E-state index contributed by atoms with van der Waals surface area (Å²) >= 11 is 0. The van der Waals surface area contributed by atoms with Gasteiger partial charge in [0.2, 0.25) is 5.91 Å². The van der Waals surface area contributed by atoms with E-state index < -0.39 is 6.04 Å². The van der Waals surface area contributed by atoms with Gasteiger partial charge in [0.1, 0.15) is 0 Å². The van der Waals surface area contributed by atoms with E-state index >= 15 is 0 Å². The Morgan fingerprint density at radius 2 is 2.25 bits per heavy atom. The third kappa shape index (κ3) is 3.53. The first-order valence-corrected chi connectivity index (χ1v) is 6.08. The second-order valence-corrected chi connectivity index (χ2v) is 4.78. The second kappa shape index (κ2) is 5.91. The van der Waals surface area contributed by atoms with Crippen LogP contribution < -0.4 is 5.73 Å². The highest BCUT2D eigenvalue weighted by molar-refractivity contribution is 5.82. The quantitative estimate of drug-likeness (QED) is 0.687. The number of carbonyl (C=O) groups is 1. The van der Waals surface area contributed by atoms with E-state index in [1.807, 2.05) is 13.8 Å². The third-order valence-electron chi connectivity index (χ3n) is 3.31. The van der Waals surface area contributed by atoms with Crippen LogP contribution in [-0.4, -0.2) is 29.9 Å². The standard InChI is InChI=1S/C13H22N2O/c1-4-8-15(9-11-6-7-11)13(16)12(14)10(3)5-2/h1,10-12H,5-9,14H2,2-3H3. The maximum absolute atomic E-state index is 12.1. The number of nitrogens with zero attached hydrogens (tertiary/aromatic N) is 1. The molecule has 0 saturated heterocycles. The van der Waals surface area contributed by atoms with Crippen molar-refractivity contribution in [1.29, 1.82) is 0 Å². The number of rotatable bonds is 6. The van der Waals surface area contributed by atoms with Crippen LogP contribution in [-0.2, 0) is 4.79 Å². The first kappa shape index (κ1) is 13.1. The predicted molar refractivity (Wildman–Crippen MR) is 65.6 cm³/mol. The van der Waals surface area contributed by atoms with Gasteiger partial charge in [-0.05, 0) is 24.7 Å². The molecular weight excluding hydrogens is 200 g/mol. The minimum Gasteiger partial charge on any atom is -0.330 e. The summed E-state index contributed by atoms with van der Waals surface area (Å²) in [6.07, 6.45) is 8.63. The van der Waals surface area contributed by atoms with E-state index in [1.54, 1.807) is 4.90 Å². The Morgan fingerprint density at radius 3 is 2.69 bits per heavy atom. The molecule has 0 aliphatic heterocycles. The molecule has 1 aliphatic carbocycles. The third-order valence-corrected chi connectivity index (χ3v) is 3.31. The summed E-state index contributed by atoms with van der Waals surface area (Å²) in [7, 11) is 0. The van der Waals surface area contributed by atoms with Crippen LogP contribution in [0.3, 0.4) is 0 Å². The van der Waals surface area contributed by atoms with Crippen molar-refractivity contribution >= 4 is 5.91 Å². The van der Waals surface area contributed by atoms with E-state index in [9.17, 15) is 4.79 Å². The molecule has 0 bridgehead atoms. The lowest BCUT2D eigenvalue weighted by atomic mass is 9.99. The van der Waals surface area contributed by atoms with Gasteiger partial charge in [-0.3, -0.25) is 4.79 Å². The normalized spacial score (nSPS) is 18.6. The Balaban J connectivity index is 2.54. The average Bonchev–Trinajstić information content (AvgIpc) is 3.09. The molecule has 2 atom stereocenters. The van der Waals surface area contributed by atoms with Crippen LogP contribution in [0.4, 0.5) is 0 Å². The van der Waals surface area contributed by atoms with E-state index in [0.717, 1.165) is 13.0 Å². The van der Waals surface area contributed by atoms with E-state index in [0.29, 0.717) is 12.5 Å². The van der Waals surface area contributed by atoms with Crippen LogP contribution in [0, 0.1) is 24.2 Å². The minimum atomic E-state index is -0.405. The summed E-state index contributed by atoms with van der Waals surface area (Å²) in [6.45, 7) is 5.23. The van der Waals surface area contributed by atoms with E-state index in [4.69, 9.17) is 12.2 Å². The lowest BCUT2D eigenvalue weighted by molar-refractivity contribution is -0.133. The zero-order valence-electron chi connectivity index (χ0n) is 10.3. The summed E-state index contributed by atoms with van der Waals surface area (Å²) in [6, 6.07) is -0.405. The second-order valence-electron chi connectivity index (χ2n) is 4.78. The van der Waals surface area contributed by atoms with Crippen LogP contribution in [0.15, 0.2) is 0 Å². The Bertz CT molecular complexity index is 278. The molecule has 2 unspecified atom stereocenters. The first-order chi connectivity index (χ1) is 7.60. The molecule has 1 rings (SSSR count). The molecule has 1 amide bonds. The summed E-state index contributed by atoms with van der Waals surface area (Å²) in [5.41, 5.74) is 5.94. The number of hydrogen-bond acceptors (Lipinski definition) is 2. The maximum Gasteiger partial charge on any atom is 0.240 e. The summed E-state index contributed by atoms with van der Waals surface area (Å²) in [4.78, 5) is 13.8. The summed E-state index contributed by atoms with van der Waals surface area (Å²) < 4.78 is 0. The zero-order valence-corrected chi connectivity index (χ0v) is 10.3. The number of terminal acetylenes is 1. The largest absolute Gasteiger partial charge is 0.330 e. The number of amides is 1. The van der Waals surface area contributed by atoms with E-state index in [-0.39, 0.29) is 11.8 Å². The Labute approximate surface area is 98.4 Å². The van der Waals surface area contributed by atoms with Crippen molar-refractivity contribution in [2.45, 2.75) is 39.2 Å². The van der Waals surface area contributed by atoms with E-state index in [2.05, 4.69) is 5.92 Å². The zero-order chi connectivity index (χ0) is 12.1. The van der Waals surface area contributed by atoms with Crippen LogP contribution >= 0.6 is 0 Å². The highest BCUT2D eigenvalue weighted by atomic mass is 16.2. The monoisotopic (exact) mass is 222 g/mol. The van der Waals surface area contributed by atoms with Gasteiger partial charge < -0.3 is 10.6 Å². The molecule has 1 aliphatic rings. The summed E-state index contributed by atoms with van der Waals surface area (Å²) in [5, 5.41) is 0. The fourth-order valence-corrected chi connectivity index (χ4v) is 1.66. The van der Waals surface area contributed by atoms with Gasteiger partial charge in [-0.1, -0.05) is 26.2 Å². The molecular formula is C13H22N2O. The van der Waals surface area contributed by atoms with Gasteiger partial charge in [0.05, 0.1) is 12.6 Å². The minimum absolute atomic E-state index is 0.0131. The van der Waals surface area contributed by atoms with E-state index in [1.165, 1.54) is 12.8 Å². The molecule has 1 fully saturated rings. The fourth-order valence-electron chi connectivity index (χ4n) is 1.66. The Hall–Kier alpha value is -1.01. The van der Waals surface area contributed by atoms with Crippen LogP contribution in [0.5, 0.6) is 0 Å². The molecule has 0 radical (unpaired) electrons. The topological polar surface area (TPSA) is 46.3 Å². The van der Waals surface area contributed by atoms with Crippen molar-refractivity contribution in [3.8, 4) is 12.3 Å². The Morgan fingerprint density at radius 1 is 1.62 bits per heavy atom. The van der Waals surface area contributed by atoms with Crippen molar-refractivity contribution in [2.24, 2.45) is 17.6 Å². The molecule has 90 valence electrons. The molecule has 1 saturated carbocycles. The molecule has 3 heteroatoms. The fraction of sp³-hybridized carbons (Fsp3) is 0.769. The van der Waals surface area contributed by atoms with Gasteiger partial charge in [0, 0.05) is 6.54 Å². The van der Waals surface area contributed by atoms with Gasteiger partial charge in [-0.15, -0.1) is 6.42 Å². The van der Waals surface area contributed by atoms with Crippen molar-refractivity contribution < 1.29 is 4.79 Å². The van der Waals surface area contributed by atoms with Gasteiger partial charge in [-0.2, -0.15) is 0 Å². The number of hydrogen-bond donors (Lipinski definition) is 1. The van der Waals surface area contributed by atoms with Crippen molar-refractivity contribution in [2.75, 3.05) is 13.1 Å². The molecule has 0 aromatic heterocycles. The molecule has 2 N–H and O–H groups in total. The molecule has 3 nitrogen and oxygen atoms in total. The molecule has 0 aromatic rings. The molecule has 0 spiro atoms. The molecule has 16 heavy (non-hydrogen) atoms. The van der Waals surface area contributed by atoms with Gasteiger partial charge in [0.25, 0.3) is 0 Å². The van der Waals surface area contributed by atoms with Crippen molar-refractivity contribution in [3.63, 3.8) is 0 Å². The number of nitrogens with two attached hydrogens (primary N) is 1. The lowest BCUT2D eigenvalue weighted by Gasteiger charge is -2.26. The smallest absolute Gasteiger partial charge is 0.240 e. The van der Waals surface area contributed by atoms with Crippen LogP contribution in [0.2, 0.25) is 0 Å².